The van der Waals surface area contributed by atoms with Crippen LogP contribution in [0.15, 0.2) is 18.2 Å². The number of hydrogen-bond donors (Lipinski definition) is 2. The van der Waals surface area contributed by atoms with E-state index in [1.54, 1.807) is 25.3 Å². The molecule has 20 heavy (non-hydrogen) atoms. The zero-order valence-corrected chi connectivity index (χ0v) is 13.2. The van der Waals surface area contributed by atoms with Gasteiger partial charge in [-0.05, 0) is 24.6 Å². The van der Waals surface area contributed by atoms with Crippen molar-refractivity contribution in [1.82, 2.24) is 5.32 Å². The number of rotatable bonds is 9. The van der Waals surface area contributed by atoms with E-state index in [1.807, 2.05) is 0 Å². The van der Waals surface area contributed by atoms with E-state index in [2.05, 4.69) is 12.2 Å². The molecular weight excluding hydrogens is 301 g/mol. The van der Waals surface area contributed by atoms with Crippen LogP contribution in [0.3, 0.4) is 0 Å². The molecule has 0 saturated heterocycles. The van der Waals surface area contributed by atoms with E-state index in [9.17, 15) is 5.11 Å². The van der Waals surface area contributed by atoms with Gasteiger partial charge in [0.1, 0.15) is 12.7 Å². The maximum atomic E-state index is 9.83. The summed E-state index contributed by atoms with van der Waals surface area (Å²) in [5.74, 6) is 0.800. The maximum absolute atomic E-state index is 9.83. The van der Waals surface area contributed by atoms with Crippen LogP contribution in [0.4, 0.5) is 0 Å². The minimum atomic E-state index is -0.628. The topological polar surface area (TPSA) is 50.7 Å². The molecule has 0 fully saturated rings. The van der Waals surface area contributed by atoms with Gasteiger partial charge < -0.3 is 19.9 Å². The van der Waals surface area contributed by atoms with Crippen molar-refractivity contribution in [3.8, 4) is 5.75 Å². The Balaban J connectivity index is 2.28. The minimum absolute atomic E-state index is 0.134. The van der Waals surface area contributed by atoms with Gasteiger partial charge in [0.25, 0.3) is 0 Å². The second-order valence-corrected chi connectivity index (χ2v) is 5.55. The van der Waals surface area contributed by atoms with E-state index >= 15 is 0 Å². The van der Waals surface area contributed by atoms with Gasteiger partial charge in [0.05, 0.1) is 10.0 Å². The van der Waals surface area contributed by atoms with Gasteiger partial charge in [-0.3, -0.25) is 0 Å². The molecule has 0 aliphatic rings. The lowest BCUT2D eigenvalue weighted by Gasteiger charge is -2.16. The first-order chi connectivity index (χ1) is 9.54. The summed E-state index contributed by atoms with van der Waals surface area (Å²) in [4.78, 5) is 0. The highest BCUT2D eigenvalue weighted by Crippen LogP contribution is 2.32. The third-order valence-corrected chi connectivity index (χ3v) is 3.26. The number of nitrogens with one attached hydrogen (secondary N) is 1. The van der Waals surface area contributed by atoms with Gasteiger partial charge in [-0.15, -0.1) is 0 Å². The van der Waals surface area contributed by atoms with Crippen molar-refractivity contribution in [2.45, 2.75) is 13.0 Å². The van der Waals surface area contributed by atoms with Crippen molar-refractivity contribution in [2.24, 2.45) is 5.92 Å². The SMILES string of the molecule is COCC(C)CNCC(O)COc1c(Cl)cccc1Cl. The molecule has 1 aromatic rings. The summed E-state index contributed by atoms with van der Waals surface area (Å²) in [6.07, 6.45) is -0.628. The van der Waals surface area contributed by atoms with Crippen molar-refractivity contribution in [2.75, 3.05) is 33.4 Å². The van der Waals surface area contributed by atoms with Crippen molar-refractivity contribution in [1.29, 1.82) is 0 Å². The number of benzene rings is 1. The zero-order valence-electron chi connectivity index (χ0n) is 11.7. The summed E-state index contributed by atoms with van der Waals surface area (Å²) in [6, 6.07) is 5.13. The fraction of sp³-hybridized carbons (Fsp3) is 0.571. The van der Waals surface area contributed by atoms with E-state index in [1.165, 1.54) is 0 Å². The van der Waals surface area contributed by atoms with Gasteiger partial charge in [-0.2, -0.15) is 0 Å². The maximum Gasteiger partial charge on any atom is 0.156 e. The fourth-order valence-corrected chi connectivity index (χ4v) is 2.21. The Labute approximate surface area is 130 Å². The van der Waals surface area contributed by atoms with Crippen LogP contribution in [0.5, 0.6) is 5.75 Å². The highest BCUT2D eigenvalue weighted by molar-refractivity contribution is 6.37. The van der Waals surface area contributed by atoms with Crippen molar-refractivity contribution >= 4 is 23.2 Å². The smallest absolute Gasteiger partial charge is 0.156 e. The van der Waals surface area contributed by atoms with Crippen LogP contribution in [0.2, 0.25) is 10.0 Å². The Kier molecular flexibility index (Phi) is 8.26. The Morgan fingerprint density at radius 2 is 1.85 bits per heavy atom. The van der Waals surface area contributed by atoms with Gasteiger partial charge in [-0.25, -0.2) is 0 Å². The lowest BCUT2D eigenvalue weighted by Crippen LogP contribution is -2.34. The van der Waals surface area contributed by atoms with Crippen molar-refractivity contribution in [3.05, 3.63) is 28.2 Å². The Morgan fingerprint density at radius 3 is 2.45 bits per heavy atom. The lowest BCUT2D eigenvalue weighted by molar-refractivity contribution is 0.103. The van der Waals surface area contributed by atoms with Crippen LogP contribution in [0.25, 0.3) is 0 Å². The first-order valence-electron chi connectivity index (χ1n) is 6.49. The minimum Gasteiger partial charge on any atom is -0.488 e. The van der Waals surface area contributed by atoms with E-state index < -0.39 is 6.10 Å². The summed E-state index contributed by atoms with van der Waals surface area (Å²) in [5.41, 5.74) is 0. The molecule has 0 heterocycles. The second kappa shape index (κ2) is 9.42. The molecule has 2 N–H and O–H groups in total. The normalized spacial score (nSPS) is 14.1. The molecule has 114 valence electrons. The van der Waals surface area contributed by atoms with Crippen LogP contribution in [0, 0.1) is 5.92 Å². The highest BCUT2D eigenvalue weighted by Gasteiger charge is 2.10. The molecule has 0 aliphatic heterocycles. The molecule has 1 rings (SSSR count). The molecule has 4 nitrogen and oxygen atoms in total. The standard InChI is InChI=1S/C14H21Cl2NO3/c1-10(8-19-2)6-17-7-11(18)9-20-14-12(15)4-3-5-13(14)16/h3-5,10-11,17-18H,6-9H2,1-2H3. The molecule has 1 aromatic carbocycles. The Morgan fingerprint density at radius 1 is 1.20 bits per heavy atom. The second-order valence-electron chi connectivity index (χ2n) is 4.73. The van der Waals surface area contributed by atoms with Crippen LogP contribution < -0.4 is 10.1 Å². The third kappa shape index (κ3) is 6.29. The number of halogens is 2. The van der Waals surface area contributed by atoms with E-state index in [0.29, 0.717) is 34.9 Å². The van der Waals surface area contributed by atoms with E-state index in [4.69, 9.17) is 32.7 Å². The zero-order chi connectivity index (χ0) is 15.0. The molecule has 2 unspecified atom stereocenters. The molecule has 0 bridgehead atoms. The van der Waals surface area contributed by atoms with E-state index in [-0.39, 0.29) is 6.61 Å². The van der Waals surface area contributed by atoms with Crippen molar-refractivity contribution < 1.29 is 14.6 Å². The average Bonchev–Trinajstić information content (AvgIpc) is 2.38. The summed E-state index contributed by atoms with van der Waals surface area (Å²) in [6.45, 7) is 4.11. The summed E-state index contributed by atoms with van der Waals surface area (Å²) in [5, 5.41) is 13.9. The molecule has 0 aliphatic carbocycles. The van der Waals surface area contributed by atoms with E-state index in [0.717, 1.165) is 6.54 Å². The van der Waals surface area contributed by atoms with Gasteiger partial charge in [0.15, 0.2) is 5.75 Å². The summed E-state index contributed by atoms with van der Waals surface area (Å²) >= 11 is 11.9. The first kappa shape index (κ1) is 17.5. The van der Waals surface area contributed by atoms with Gasteiger partial charge in [0, 0.05) is 20.3 Å². The number of para-hydroxylation sites is 1. The van der Waals surface area contributed by atoms with Crippen LogP contribution in [-0.2, 0) is 4.74 Å². The van der Waals surface area contributed by atoms with Gasteiger partial charge >= 0.3 is 0 Å². The predicted molar refractivity (Wildman–Crippen MR) is 81.9 cm³/mol. The number of hydrogen-bond acceptors (Lipinski definition) is 4. The average molecular weight is 322 g/mol. The summed E-state index contributed by atoms with van der Waals surface area (Å²) < 4.78 is 10.5. The monoisotopic (exact) mass is 321 g/mol. The Bertz CT molecular complexity index is 384. The molecular formula is C14H21Cl2NO3. The highest BCUT2D eigenvalue weighted by atomic mass is 35.5. The predicted octanol–water partition coefficient (Wildman–Crippen LogP) is 2.61. The molecule has 0 aromatic heterocycles. The Hall–Kier alpha value is -0.520. The number of ether oxygens (including phenoxy) is 2. The third-order valence-electron chi connectivity index (χ3n) is 2.66. The fourth-order valence-electron chi connectivity index (χ4n) is 1.70. The quantitative estimate of drug-likeness (QED) is 0.734. The van der Waals surface area contributed by atoms with Crippen LogP contribution >= 0.6 is 23.2 Å². The van der Waals surface area contributed by atoms with Gasteiger partial charge in [0.2, 0.25) is 0 Å². The number of aliphatic hydroxyl groups excluding tert-OH is 1. The van der Waals surface area contributed by atoms with Crippen molar-refractivity contribution in [3.63, 3.8) is 0 Å². The molecule has 6 heteroatoms. The molecule has 2 atom stereocenters. The number of methoxy groups -OCH3 is 1. The summed E-state index contributed by atoms with van der Waals surface area (Å²) in [7, 11) is 1.67. The lowest BCUT2D eigenvalue weighted by atomic mass is 10.2. The molecule has 0 spiro atoms. The first-order valence-corrected chi connectivity index (χ1v) is 7.24. The molecule has 0 radical (unpaired) electrons. The largest absolute Gasteiger partial charge is 0.488 e. The van der Waals surface area contributed by atoms with Gasteiger partial charge in [-0.1, -0.05) is 36.2 Å². The number of aliphatic hydroxyl groups is 1. The van der Waals surface area contributed by atoms with Crippen LogP contribution in [-0.4, -0.2) is 44.6 Å². The molecule has 0 saturated carbocycles. The molecule has 0 amide bonds. The van der Waals surface area contributed by atoms with Crippen LogP contribution in [0.1, 0.15) is 6.92 Å².